The number of benzene rings is 1. The molecule has 0 unspecified atom stereocenters. The van der Waals surface area contributed by atoms with E-state index in [2.05, 4.69) is 15.4 Å². The number of thiophene rings is 1. The third-order valence-corrected chi connectivity index (χ3v) is 5.14. The maximum Gasteiger partial charge on any atom is 0.256 e. The highest BCUT2D eigenvalue weighted by Gasteiger charge is 2.18. The quantitative estimate of drug-likeness (QED) is 0.548. The van der Waals surface area contributed by atoms with Gasteiger partial charge in [0.2, 0.25) is 0 Å². The average molecular weight is 396 g/mol. The molecule has 0 aliphatic rings. The zero-order chi connectivity index (χ0) is 19.7. The van der Waals surface area contributed by atoms with Gasteiger partial charge < -0.3 is 10.1 Å². The Balaban J connectivity index is 1.70. The van der Waals surface area contributed by atoms with Gasteiger partial charge in [-0.05, 0) is 36.6 Å². The number of methoxy groups -OCH3 is 1. The van der Waals surface area contributed by atoms with Crippen molar-refractivity contribution in [2.45, 2.75) is 13.5 Å². The first-order chi connectivity index (χ1) is 13.5. The molecule has 142 valence electrons. The number of hydrogen-bond donors (Lipinski definition) is 1. The maximum atomic E-state index is 13.4. The average Bonchev–Trinajstić information content (AvgIpc) is 3.33. The van der Waals surface area contributed by atoms with Crippen LogP contribution < -0.4 is 10.1 Å². The molecular formula is C20H17FN4O2S. The number of pyridine rings is 1. The highest BCUT2D eigenvalue weighted by atomic mass is 32.1. The number of aromatic nitrogens is 3. The second-order valence-electron chi connectivity index (χ2n) is 6.23. The first kappa shape index (κ1) is 18.1. The molecule has 3 heterocycles. The van der Waals surface area contributed by atoms with Crippen molar-refractivity contribution in [1.82, 2.24) is 14.8 Å². The van der Waals surface area contributed by atoms with Gasteiger partial charge in [-0.25, -0.2) is 14.1 Å². The summed E-state index contributed by atoms with van der Waals surface area (Å²) in [6, 6.07) is 9.69. The predicted octanol–water partition coefficient (Wildman–Crippen LogP) is 4.25. The van der Waals surface area contributed by atoms with Gasteiger partial charge in [-0.3, -0.25) is 4.79 Å². The Labute approximate surface area is 164 Å². The number of nitrogens with zero attached hydrogens (tertiary/aromatic N) is 3. The van der Waals surface area contributed by atoms with Gasteiger partial charge in [-0.2, -0.15) is 5.10 Å². The Morgan fingerprint density at radius 1 is 1.32 bits per heavy atom. The summed E-state index contributed by atoms with van der Waals surface area (Å²) in [4.78, 5) is 18.6. The monoisotopic (exact) mass is 396 g/mol. The molecule has 3 aromatic heterocycles. The number of hydrogen-bond acceptors (Lipinski definition) is 5. The summed E-state index contributed by atoms with van der Waals surface area (Å²) in [6.07, 6.45) is 1.65. The van der Waals surface area contributed by atoms with Gasteiger partial charge in [0, 0.05) is 16.6 Å². The molecule has 8 heteroatoms. The third-order valence-electron chi connectivity index (χ3n) is 4.28. The van der Waals surface area contributed by atoms with E-state index in [1.54, 1.807) is 28.3 Å². The second-order valence-corrected chi connectivity index (χ2v) is 7.26. The van der Waals surface area contributed by atoms with Gasteiger partial charge in [-0.1, -0.05) is 6.07 Å². The van der Waals surface area contributed by atoms with E-state index in [1.807, 2.05) is 24.4 Å². The van der Waals surface area contributed by atoms with E-state index in [9.17, 15) is 9.18 Å². The summed E-state index contributed by atoms with van der Waals surface area (Å²) in [5.74, 6) is -0.522. The van der Waals surface area contributed by atoms with Crippen LogP contribution >= 0.6 is 11.3 Å². The van der Waals surface area contributed by atoms with Crippen molar-refractivity contribution in [3.8, 4) is 5.75 Å². The minimum atomic E-state index is -0.438. The van der Waals surface area contributed by atoms with Gasteiger partial charge in [0.1, 0.15) is 11.6 Å². The molecule has 0 radical (unpaired) electrons. The first-order valence-corrected chi connectivity index (χ1v) is 9.43. The molecule has 0 aliphatic heterocycles. The van der Waals surface area contributed by atoms with Gasteiger partial charge in [-0.15, -0.1) is 11.3 Å². The number of fused-ring (bicyclic) bond motifs is 1. The summed E-state index contributed by atoms with van der Waals surface area (Å²) in [5, 5.41) is 9.86. The van der Waals surface area contributed by atoms with Crippen molar-refractivity contribution >= 4 is 34.0 Å². The van der Waals surface area contributed by atoms with E-state index in [4.69, 9.17) is 4.74 Å². The fourth-order valence-corrected chi connectivity index (χ4v) is 3.67. The zero-order valence-corrected chi connectivity index (χ0v) is 16.1. The normalized spacial score (nSPS) is 11.0. The molecule has 4 rings (SSSR count). The Morgan fingerprint density at radius 3 is 2.93 bits per heavy atom. The summed E-state index contributed by atoms with van der Waals surface area (Å²) in [7, 11) is 1.42. The number of amides is 1. The first-order valence-electron chi connectivity index (χ1n) is 8.55. The topological polar surface area (TPSA) is 69.0 Å². The van der Waals surface area contributed by atoms with E-state index in [0.29, 0.717) is 34.5 Å². The lowest BCUT2D eigenvalue weighted by molar-refractivity contribution is 0.102. The van der Waals surface area contributed by atoms with Crippen LogP contribution in [-0.4, -0.2) is 27.8 Å². The van der Waals surface area contributed by atoms with Crippen molar-refractivity contribution in [1.29, 1.82) is 0 Å². The number of anilines is 1. The predicted molar refractivity (Wildman–Crippen MR) is 107 cm³/mol. The second kappa shape index (κ2) is 7.40. The number of carbonyl (C=O) groups excluding carboxylic acids is 1. The van der Waals surface area contributed by atoms with Gasteiger partial charge in [0.05, 0.1) is 36.5 Å². The standard InChI is InChI=1S/C20H17FN4O2S/c1-12-8-15(20(26)24-17-6-5-13(21)9-18(17)27-2)16-10-22-25(19(16)23-12)11-14-4-3-7-28-14/h3-10H,11H2,1-2H3,(H,24,26). The molecule has 0 aliphatic carbocycles. The third kappa shape index (κ3) is 3.46. The van der Waals surface area contributed by atoms with Gasteiger partial charge >= 0.3 is 0 Å². The van der Waals surface area contributed by atoms with Crippen LogP contribution in [0.3, 0.4) is 0 Å². The summed E-state index contributed by atoms with van der Waals surface area (Å²) in [6.45, 7) is 2.42. The van der Waals surface area contributed by atoms with E-state index >= 15 is 0 Å². The van der Waals surface area contributed by atoms with Crippen molar-refractivity contribution in [3.05, 3.63) is 69.9 Å². The number of rotatable bonds is 5. The number of ether oxygens (including phenoxy) is 1. The van der Waals surface area contributed by atoms with Crippen LogP contribution in [0.2, 0.25) is 0 Å². The maximum absolute atomic E-state index is 13.4. The van der Waals surface area contributed by atoms with Crippen LogP contribution in [0.15, 0.2) is 48.0 Å². The molecule has 0 saturated heterocycles. The van der Waals surface area contributed by atoms with E-state index < -0.39 is 5.82 Å². The van der Waals surface area contributed by atoms with Crippen LogP contribution in [-0.2, 0) is 6.54 Å². The Morgan fingerprint density at radius 2 is 2.18 bits per heavy atom. The van der Waals surface area contributed by atoms with Crippen LogP contribution in [0.5, 0.6) is 5.75 Å². The van der Waals surface area contributed by atoms with Crippen molar-refractivity contribution in [3.63, 3.8) is 0 Å². The number of aryl methyl sites for hydroxylation is 1. The van der Waals surface area contributed by atoms with E-state index in [1.165, 1.54) is 25.3 Å². The molecule has 1 aromatic carbocycles. The largest absolute Gasteiger partial charge is 0.494 e. The van der Waals surface area contributed by atoms with Gasteiger partial charge in [0.15, 0.2) is 5.65 Å². The van der Waals surface area contributed by atoms with Crippen molar-refractivity contribution in [2.24, 2.45) is 0 Å². The molecule has 0 saturated carbocycles. The van der Waals surface area contributed by atoms with Crippen molar-refractivity contribution < 1.29 is 13.9 Å². The summed E-state index contributed by atoms with van der Waals surface area (Å²) in [5.41, 5.74) is 2.19. The minimum Gasteiger partial charge on any atom is -0.494 e. The number of carbonyl (C=O) groups is 1. The molecule has 4 aromatic rings. The lowest BCUT2D eigenvalue weighted by Gasteiger charge is -2.11. The summed E-state index contributed by atoms with van der Waals surface area (Å²) >= 11 is 1.64. The fraction of sp³-hybridized carbons (Fsp3) is 0.150. The lowest BCUT2D eigenvalue weighted by Crippen LogP contribution is -2.14. The minimum absolute atomic E-state index is 0.253. The number of halogens is 1. The van der Waals surface area contributed by atoms with E-state index in [0.717, 1.165) is 4.88 Å². The highest BCUT2D eigenvalue weighted by Crippen LogP contribution is 2.27. The number of nitrogens with one attached hydrogen (secondary N) is 1. The van der Waals surface area contributed by atoms with Crippen molar-refractivity contribution in [2.75, 3.05) is 12.4 Å². The Kier molecular flexibility index (Phi) is 4.79. The zero-order valence-electron chi connectivity index (χ0n) is 15.3. The molecule has 28 heavy (non-hydrogen) atoms. The summed E-state index contributed by atoms with van der Waals surface area (Å²) < 4.78 is 20.3. The molecule has 1 amide bonds. The molecule has 1 N–H and O–H groups in total. The molecule has 0 atom stereocenters. The van der Waals surface area contributed by atoms with Crippen LogP contribution in [0.25, 0.3) is 11.0 Å². The highest BCUT2D eigenvalue weighted by molar-refractivity contribution is 7.09. The molecular weight excluding hydrogens is 379 g/mol. The van der Waals surface area contributed by atoms with Crippen LogP contribution in [0.1, 0.15) is 20.9 Å². The van der Waals surface area contributed by atoms with Crippen LogP contribution in [0, 0.1) is 12.7 Å². The van der Waals surface area contributed by atoms with Gasteiger partial charge in [0.25, 0.3) is 5.91 Å². The van der Waals surface area contributed by atoms with E-state index in [-0.39, 0.29) is 11.7 Å². The Hall–Kier alpha value is -3.26. The smallest absolute Gasteiger partial charge is 0.256 e. The fourth-order valence-electron chi connectivity index (χ4n) is 2.98. The lowest BCUT2D eigenvalue weighted by atomic mass is 10.1. The molecule has 0 fully saturated rings. The molecule has 6 nitrogen and oxygen atoms in total. The molecule has 0 bridgehead atoms. The Bertz CT molecular complexity index is 1150. The van der Waals surface area contributed by atoms with Crippen LogP contribution in [0.4, 0.5) is 10.1 Å². The SMILES string of the molecule is COc1cc(F)ccc1NC(=O)c1cc(C)nc2c1cnn2Cc1cccs1. The molecule has 0 spiro atoms.